The first-order valence-electron chi connectivity index (χ1n) is 10.5. The fourth-order valence-electron chi connectivity index (χ4n) is 3.79. The lowest BCUT2D eigenvalue weighted by Crippen LogP contribution is -2.25. The van der Waals surface area contributed by atoms with Gasteiger partial charge in [-0.1, -0.05) is 35.2 Å². The smallest absolute Gasteiger partial charge is 0.278 e. The summed E-state index contributed by atoms with van der Waals surface area (Å²) in [4.78, 5) is 33.2. The second kappa shape index (κ2) is 8.69. The summed E-state index contributed by atoms with van der Waals surface area (Å²) in [6.07, 6.45) is 0. The van der Waals surface area contributed by atoms with Gasteiger partial charge in [-0.3, -0.25) is 14.2 Å². The first kappa shape index (κ1) is 22.3. The van der Waals surface area contributed by atoms with Gasteiger partial charge in [0.15, 0.2) is 5.16 Å². The number of ether oxygens (including phenoxy) is 1. The molecule has 0 fully saturated rings. The molecule has 0 saturated carbocycles. The highest BCUT2D eigenvalue weighted by Gasteiger charge is 2.21. The van der Waals surface area contributed by atoms with Gasteiger partial charge in [0.05, 0.1) is 29.4 Å². The lowest BCUT2D eigenvalue weighted by molar-refractivity contribution is 0.411. The minimum Gasteiger partial charge on any atom is -0.495 e. The maximum atomic E-state index is 13.8. The van der Waals surface area contributed by atoms with Gasteiger partial charge >= 0.3 is 0 Å². The van der Waals surface area contributed by atoms with Gasteiger partial charge in [-0.05, 0) is 56.2 Å². The summed E-state index contributed by atoms with van der Waals surface area (Å²) in [5, 5.41) is 9.75. The summed E-state index contributed by atoms with van der Waals surface area (Å²) in [6.45, 7) is 5.87. The fraction of sp³-hybridized carbons (Fsp3) is 0.208. The average Bonchev–Trinajstić information content (AvgIpc) is 3.12. The van der Waals surface area contributed by atoms with Gasteiger partial charge in [0.2, 0.25) is 0 Å². The molecule has 0 bridgehead atoms. The Kier molecular flexibility index (Phi) is 5.70. The van der Waals surface area contributed by atoms with E-state index in [2.05, 4.69) is 10.3 Å². The van der Waals surface area contributed by atoms with Gasteiger partial charge in [0.25, 0.3) is 11.1 Å². The van der Waals surface area contributed by atoms with E-state index in [1.54, 1.807) is 29.9 Å². The number of benzene rings is 2. The number of hydrogen-bond donors (Lipinski definition) is 0. The Balaban J connectivity index is 1.69. The standard InChI is InChI=1S/C24H21N5O3S2/c1-13-9-10-19(32-4)18(11-13)29-23(31)20-14(2)15(3)34-21(20)25-24(29)33-12-28-22(30)16-7-5-6-8-17(16)26-27-28/h5-11H,12H2,1-4H3. The maximum absolute atomic E-state index is 13.8. The molecule has 5 aromatic rings. The number of thioether (sulfide) groups is 1. The van der Waals surface area contributed by atoms with Crippen LogP contribution >= 0.6 is 23.1 Å². The topological polar surface area (TPSA) is 91.9 Å². The van der Waals surface area contributed by atoms with Crippen LogP contribution < -0.4 is 15.9 Å². The summed E-state index contributed by atoms with van der Waals surface area (Å²) in [7, 11) is 1.57. The SMILES string of the molecule is COc1ccc(C)cc1-n1c(SCn2nnc3ccccc3c2=O)nc2sc(C)c(C)c2c1=O. The van der Waals surface area contributed by atoms with E-state index in [1.807, 2.05) is 45.0 Å². The normalized spacial score (nSPS) is 11.4. The highest BCUT2D eigenvalue weighted by atomic mass is 32.2. The average molecular weight is 492 g/mol. The van der Waals surface area contributed by atoms with Crippen molar-refractivity contribution in [2.24, 2.45) is 0 Å². The zero-order chi connectivity index (χ0) is 24.0. The van der Waals surface area contributed by atoms with Crippen LogP contribution in [-0.2, 0) is 5.88 Å². The number of methoxy groups -OCH3 is 1. The lowest BCUT2D eigenvalue weighted by atomic mass is 10.2. The van der Waals surface area contributed by atoms with E-state index in [9.17, 15) is 9.59 Å². The van der Waals surface area contributed by atoms with Crippen molar-refractivity contribution in [2.45, 2.75) is 31.8 Å². The summed E-state index contributed by atoms with van der Waals surface area (Å²) in [6, 6.07) is 12.7. The molecule has 5 rings (SSSR count). The molecule has 0 N–H and O–H groups in total. The number of nitrogens with zero attached hydrogens (tertiary/aromatic N) is 5. The summed E-state index contributed by atoms with van der Waals surface area (Å²) < 4.78 is 8.42. The Hall–Kier alpha value is -3.50. The molecular formula is C24H21N5O3S2. The molecule has 0 aliphatic rings. The van der Waals surface area contributed by atoms with Crippen molar-refractivity contribution in [3.05, 3.63) is 79.2 Å². The molecule has 0 unspecified atom stereocenters. The van der Waals surface area contributed by atoms with Crippen LogP contribution in [-0.4, -0.2) is 31.7 Å². The predicted octanol–water partition coefficient (Wildman–Crippen LogP) is 4.24. The monoisotopic (exact) mass is 491 g/mol. The molecule has 172 valence electrons. The van der Waals surface area contributed by atoms with Crippen LogP contribution in [0.3, 0.4) is 0 Å². The number of aryl methyl sites for hydroxylation is 3. The van der Waals surface area contributed by atoms with Gasteiger partial charge in [-0.2, -0.15) is 4.68 Å². The highest BCUT2D eigenvalue weighted by molar-refractivity contribution is 7.98. The van der Waals surface area contributed by atoms with Crippen molar-refractivity contribution in [1.29, 1.82) is 0 Å². The number of thiophene rings is 1. The molecular weight excluding hydrogens is 470 g/mol. The molecule has 0 aliphatic heterocycles. The van der Waals surface area contributed by atoms with Gasteiger partial charge in [0, 0.05) is 4.88 Å². The van der Waals surface area contributed by atoms with E-state index in [0.717, 1.165) is 16.0 Å². The number of fused-ring (bicyclic) bond motifs is 2. The van der Waals surface area contributed by atoms with E-state index in [1.165, 1.54) is 27.8 Å². The van der Waals surface area contributed by atoms with Crippen LogP contribution in [0.15, 0.2) is 57.2 Å². The minimum atomic E-state index is -0.246. The van der Waals surface area contributed by atoms with E-state index >= 15 is 0 Å². The zero-order valence-corrected chi connectivity index (χ0v) is 20.7. The van der Waals surface area contributed by atoms with Crippen LogP contribution in [0.5, 0.6) is 5.75 Å². The molecule has 3 heterocycles. The first-order chi connectivity index (χ1) is 16.4. The minimum absolute atomic E-state index is 0.145. The Morgan fingerprint density at radius 3 is 2.65 bits per heavy atom. The Bertz CT molecular complexity index is 1690. The van der Waals surface area contributed by atoms with Crippen LogP contribution in [0.2, 0.25) is 0 Å². The molecule has 0 spiro atoms. The van der Waals surface area contributed by atoms with Gasteiger partial charge in [-0.25, -0.2) is 4.98 Å². The van der Waals surface area contributed by atoms with E-state index in [4.69, 9.17) is 9.72 Å². The number of aromatic nitrogens is 5. The Morgan fingerprint density at radius 2 is 1.85 bits per heavy atom. The van der Waals surface area contributed by atoms with E-state index in [0.29, 0.717) is 37.7 Å². The van der Waals surface area contributed by atoms with Crippen LogP contribution in [0.1, 0.15) is 16.0 Å². The Labute approximate surface area is 202 Å². The third-order valence-electron chi connectivity index (χ3n) is 5.69. The number of hydrogen-bond acceptors (Lipinski definition) is 8. The van der Waals surface area contributed by atoms with Gasteiger partial charge < -0.3 is 4.74 Å². The first-order valence-corrected chi connectivity index (χ1v) is 12.3. The van der Waals surface area contributed by atoms with E-state index in [-0.39, 0.29) is 17.0 Å². The Morgan fingerprint density at radius 1 is 1.06 bits per heavy atom. The molecule has 3 aromatic heterocycles. The summed E-state index contributed by atoms with van der Waals surface area (Å²) in [5.74, 6) is 0.703. The van der Waals surface area contributed by atoms with Crippen LogP contribution in [0.25, 0.3) is 26.8 Å². The predicted molar refractivity (Wildman–Crippen MR) is 136 cm³/mol. The molecule has 34 heavy (non-hydrogen) atoms. The molecule has 0 radical (unpaired) electrons. The lowest BCUT2D eigenvalue weighted by Gasteiger charge is -2.16. The largest absolute Gasteiger partial charge is 0.495 e. The van der Waals surface area contributed by atoms with Crippen LogP contribution in [0.4, 0.5) is 0 Å². The molecule has 0 aliphatic carbocycles. The molecule has 0 amide bonds. The fourth-order valence-corrected chi connectivity index (χ4v) is 5.74. The van der Waals surface area contributed by atoms with E-state index < -0.39 is 0 Å². The molecule has 0 saturated heterocycles. The second-order valence-electron chi connectivity index (χ2n) is 7.86. The third-order valence-corrected chi connectivity index (χ3v) is 7.70. The highest BCUT2D eigenvalue weighted by Crippen LogP contribution is 2.32. The van der Waals surface area contributed by atoms with Crippen molar-refractivity contribution < 1.29 is 4.74 Å². The summed E-state index contributed by atoms with van der Waals surface area (Å²) in [5.41, 5.74) is 2.63. The van der Waals surface area contributed by atoms with Crippen LogP contribution in [0, 0.1) is 20.8 Å². The van der Waals surface area contributed by atoms with Crippen molar-refractivity contribution in [3.63, 3.8) is 0 Å². The summed E-state index contributed by atoms with van der Waals surface area (Å²) >= 11 is 2.74. The van der Waals surface area contributed by atoms with Gasteiger partial charge in [0.1, 0.15) is 16.1 Å². The van der Waals surface area contributed by atoms with Crippen molar-refractivity contribution in [2.75, 3.05) is 7.11 Å². The maximum Gasteiger partial charge on any atom is 0.278 e. The van der Waals surface area contributed by atoms with Crippen molar-refractivity contribution in [3.8, 4) is 11.4 Å². The van der Waals surface area contributed by atoms with Gasteiger partial charge in [-0.15, -0.1) is 16.4 Å². The second-order valence-corrected chi connectivity index (χ2v) is 9.97. The zero-order valence-electron chi connectivity index (χ0n) is 19.0. The number of rotatable bonds is 5. The molecule has 2 aromatic carbocycles. The molecule has 8 nitrogen and oxygen atoms in total. The molecule has 0 atom stereocenters. The molecule has 10 heteroatoms. The quantitative estimate of drug-likeness (QED) is 0.268. The van der Waals surface area contributed by atoms with Crippen molar-refractivity contribution >= 4 is 44.2 Å². The third kappa shape index (κ3) is 3.68. The van der Waals surface area contributed by atoms with Crippen molar-refractivity contribution in [1.82, 2.24) is 24.5 Å².